The molecule has 2 heterocycles. The van der Waals surface area contributed by atoms with Crippen molar-refractivity contribution in [2.75, 3.05) is 38.1 Å². The van der Waals surface area contributed by atoms with Gasteiger partial charge in [-0.05, 0) is 42.3 Å². The van der Waals surface area contributed by atoms with Crippen molar-refractivity contribution in [1.29, 1.82) is 0 Å². The zero-order valence-corrected chi connectivity index (χ0v) is 18.3. The number of esters is 1. The van der Waals surface area contributed by atoms with Crippen molar-refractivity contribution in [3.05, 3.63) is 76.7 Å². The lowest BCUT2D eigenvalue weighted by atomic mass is 10.0. The molecule has 2 aromatic carbocycles. The lowest BCUT2D eigenvalue weighted by Gasteiger charge is -2.33. The lowest BCUT2D eigenvalue weighted by molar-refractivity contribution is -0.383. The van der Waals surface area contributed by atoms with Gasteiger partial charge < -0.3 is 19.8 Å². The first-order valence-electron chi connectivity index (χ1n) is 10.9. The average molecular weight is 450 g/mol. The van der Waals surface area contributed by atoms with Crippen LogP contribution in [0.15, 0.2) is 65.5 Å². The fraction of sp³-hybridized carbons (Fsp3) is 0.292. The first-order valence-corrected chi connectivity index (χ1v) is 10.9. The number of anilines is 2. The molecule has 0 saturated carbocycles. The number of nitro groups is 1. The van der Waals surface area contributed by atoms with E-state index in [0.29, 0.717) is 23.5 Å². The predicted octanol–water partition coefficient (Wildman–Crippen LogP) is 4.11. The Morgan fingerprint density at radius 2 is 2.03 bits per heavy atom. The van der Waals surface area contributed by atoms with Gasteiger partial charge in [0, 0.05) is 43.5 Å². The van der Waals surface area contributed by atoms with Gasteiger partial charge in [0.05, 0.1) is 24.1 Å². The van der Waals surface area contributed by atoms with Gasteiger partial charge in [-0.15, -0.1) is 0 Å². The Balaban J connectivity index is 1.63. The second-order valence-electron chi connectivity index (χ2n) is 7.69. The van der Waals surface area contributed by atoms with Gasteiger partial charge in [-0.3, -0.25) is 15.0 Å². The van der Waals surface area contributed by atoms with Gasteiger partial charge in [-0.1, -0.05) is 18.2 Å². The highest BCUT2D eigenvalue weighted by Gasteiger charge is 2.30. The molecule has 172 valence electrons. The number of nitro benzene ring substituents is 1. The summed E-state index contributed by atoms with van der Waals surface area (Å²) in [6.45, 7) is 5.13. The van der Waals surface area contributed by atoms with Gasteiger partial charge in [-0.2, -0.15) is 0 Å². The van der Waals surface area contributed by atoms with Crippen molar-refractivity contribution in [3.63, 3.8) is 0 Å². The molecule has 1 unspecified atom stereocenters. The first-order chi connectivity index (χ1) is 16.1. The quantitative estimate of drug-likeness (QED) is 0.300. The maximum atomic E-state index is 12.8. The maximum absolute atomic E-state index is 12.8. The van der Waals surface area contributed by atoms with Crippen LogP contribution in [-0.2, 0) is 9.53 Å². The number of nitrogens with one attached hydrogen (secondary N) is 2. The molecule has 1 saturated heterocycles. The summed E-state index contributed by atoms with van der Waals surface area (Å²) in [6, 6.07) is 13.6. The highest BCUT2D eigenvalue weighted by molar-refractivity contribution is 5.79. The summed E-state index contributed by atoms with van der Waals surface area (Å²) in [6.07, 6.45) is 3.07. The highest BCUT2D eigenvalue weighted by Crippen LogP contribution is 2.34. The van der Waals surface area contributed by atoms with E-state index in [1.807, 2.05) is 24.3 Å². The molecule has 1 aliphatic heterocycles. The van der Waals surface area contributed by atoms with Gasteiger partial charge in [0.15, 0.2) is 0 Å². The standard InChI is InChI=1S/C24H26N4O5/c1-2-33-24(29)23(27-11-9-25-10-12-27)18-4-3-5-20(14-18)26-21-7-6-17(15-22(21)28(30)31)19-8-13-32-16-19/h3-8,13-16,23,25-26H,2,9-12H2,1H3. The smallest absolute Gasteiger partial charge is 0.328 e. The summed E-state index contributed by atoms with van der Waals surface area (Å²) in [4.78, 5) is 26.2. The van der Waals surface area contributed by atoms with Gasteiger partial charge in [-0.25, -0.2) is 4.79 Å². The van der Waals surface area contributed by atoms with E-state index in [-0.39, 0.29) is 11.7 Å². The van der Waals surface area contributed by atoms with E-state index in [1.54, 1.807) is 31.4 Å². The van der Waals surface area contributed by atoms with Crippen LogP contribution in [0.25, 0.3) is 11.1 Å². The number of hydrogen-bond donors (Lipinski definition) is 2. The molecule has 0 bridgehead atoms. The molecule has 9 heteroatoms. The number of benzene rings is 2. The van der Waals surface area contributed by atoms with Gasteiger partial charge in [0.1, 0.15) is 11.7 Å². The Labute approximate surface area is 191 Å². The van der Waals surface area contributed by atoms with Crippen LogP contribution >= 0.6 is 0 Å². The number of furan rings is 1. The molecule has 9 nitrogen and oxygen atoms in total. The van der Waals surface area contributed by atoms with Gasteiger partial charge in [0.25, 0.3) is 5.69 Å². The molecule has 1 fully saturated rings. The van der Waals surface area contributed by atoms with Crippen molar-refractivity contribution in [1.82, 2.24) is 10.2 Å². The molecular weight excluding hydrogens is 424 g/mol. The highest BCUT2D eigenvalue weighted by atomic mass is 16.6. The van der Waals surface area contributed by atoms with Crippen LogP contribution in [-0.4, -0.2) is 48.6 Å². The van der Waals surface area contributed by atoms with Crippen LogP contribution in [0.4, 0.5) is 17.1 Å². The number of nitrogens with zero attached hydrogens (tertiary/aromatic N) is 2. The molecule has 33 heavy (non-hydrogen) atoms. The number of piperazine rings is 1. The van der Waals surface area contributed by atoms with E-state index in [0.717, 1.165) is 37.3 Å². The number of carbonyl (C=O) groups is 1. The van der Waals surface area contributed by atoms with Crippen molar-refractivity contribution in [2.45, 2.75) is 13.0 Å². The van der Waals surface area contributed by atoms with E-state index in [1.165, 1.54) is 12.3 Å². The van der Waals surface area contributed by atoms with Crippen molar-refractivity contribution >= 4 is 23.0 Å². The van der Waals surface area contributed by atoms with Gasteiger partial charge >= 0.3 is 5.97 Å². The monoisotopic (exact) mass is 450 g/mol. The normalized spacial score (nSPS) is 15.1. The fourth-order valence-electron chi connectivity index (χ4n) is 4.00. The van der Waals surface area contributed by atoms with Crippen LogP contribution in [0.2, 0.25) is 0 Å². The van der Waals surface area contributed by atoms with Crippen molar-refractivity contribution in [2.24, 2.45) is 0 Å². The van der Waals surface area contributed by atoms with Crippen LogP contribution in [0.1, 0.15) is 18.5 Å². The molecule has 1 aliphatic rings. The van der Waals surface area contributed by atoms with Crippen LogP contribution in [0.5, 0.6) is 0 Å². The maximum Gasteiger partial charge on any atom is 0.328 e. The van der Waals surface area contributed by atoms with Crippen LogP contribution < -0.4 is 10.6 Å². The van der Waals surface area contributed by atoms with Crippen molar-refractivity contribution < 1.29 is 18.9 Å². The second kappa shape index (κ2) is 10.3. The number of carbonyl (C=O) groups excluding carboxylic acids is 1. The topological polar surface area (TPSA) is 110 Å². The summed E-state index contributed by atoms with van der Waals surface area (Å²) in [5.74, 6) is -0.299. The van der Waals surface area contributed by atoms with Crippen LogP contribution in [0.3, 0.4) is 0 Å². The Kier molecular flexibility index (Phi) is 7.01. The van der Waals surface area contributed by atoms with E-state index >= 15 is 0 Å². The minimum atomic E-state index is -0.535. The molecule has 0 aliphatic carbocycles. The van der Waals surface area contributed by atoms with Crippen molar-refractivity contribution in [3.8, 4) is 11.1 Å². The molecule has 1 aromatic heterocycles. The summed E-state index contributed by atoms with van der Waals surface area (Å²) in [5.41, 5.74) is 3.19. The third kappa shape index (κ3) is 5.21. The summed E-state index contributed by atoms with van der Waals surface area (Å²) in [5, 5.41) is 18.2. The summed E-state index contributed by atoms with van der Waals surface area (Å²) in [7, 11) is 0. The van der Waals surface area contributed by atoms with E-state index in [2.05, 4.69) is 15.5 Å². The minimum Gasteiger partial charge on any atom is -0.472 e. The largest absolute Gasteiger partial charge is 0.472 e. The number of hydrogen-bond acceptors (Lipinski definition) is 8. The minimum absolute atomic E-state index is 0.0526. The third-order valence-corrected chi connectivity index (χ3v) is 5.56. The summed E-state index contributed by atoms with van der Waals surface area (Å²) >= 11 is 0. The average Bonchev–Trinajstić information content (AvgIpc) is 3.36. The Morgan fingerprint density at radius 1 is 1.21 bits per heavy atom. The van der Waals surface area contributed by atoms with Crippen LogP contribution in [0, 0.1) is 10.1 Å². The molecule has 3 aromatic rings. The van der Waals surface area contributed by atoms with E-state index < -0.39 is 11.0 Å². The molecule has 2 N–H and O–H groups in total. The summed E-state index contributed by atoms with van der Waals surface area (Å²) < 4.78 is 10.4. The third-order valence-electron chi connectivity index (χ3n) is 5.56. The molecule has 0 amide bonds. The Bertz CT molecular complexity index is 1110. The number of ether oxygens (including phenoxy) is 1. The van der Waals surface area contributed by atoms with E-state index in [9.17, 15) is 14.9 Å². The second-order valence-corrected chi connectivity index (χ2v) is 7.69. The molecular formula is C24H26N4O5. The zero-order chi connectivity index (χ0) is 23.2. The predicted molar refractivity (Wildman–Crippen MR) is 124 cm³/mol. The molecule has 1 atom stereocenters. The lowest BCUT2D eigenvalue weighted by Crippen LogP contribution is -2.47. The molecule has 4 rings (SSSR count). The Hall–Kier alpha value is -3.69. The zero-order valence-electron chi connectivity index (χ0n) is 18.3. The Morgan fingerprint density at radius 3 is 2.73 bits per heavy atom. The molecule has 0 spiro atoms. The first kappa shape index (κ1) is 22.5. The fourth-order valence-corrected chi connectivity index (χ4v) is 4.00. The van der Waals surface area contributed by atoms with Gasteiger partial charge in [0.2, 0.25) is 0 Å². The van der Waals surface area contributed by atoms with E-state index in [4.69, 9.17) is 9.15 Å². The number of rotatable bonds is 8. The SMILES string of the molecule is CCOC(=O)C(c1cccc(Nc2ccc(-c3ccoc3)cc2[N+](=O)[O-])c1)N1CCNCC1. The molecule has 0 radical (unpaired) electrons.